The summed E-state index contributed by atoms with van der Waals surface area (Å²) in [4.78, 5) is 10.7. The molecule has 0 amide bonds. The Labute approximate surface area is 104 Å². The average Bonchev–Trinajstić information content (AvgIpc) is 2.12. The molecule has 1 aromatic rings. The third-order valence-electron chi connectivity index (χ3n) is 1.63. The first-order chi connectivity index (χ1) is 6.97. The summed E-state index contributed by atoms with van der Waals surface area (Å²) in [7, 11) is 0. The fourth-order valence-corrected chi connectivity index (χ4v) is 2.34. The first kappa shape index (κ1) is 12.6. The fraction of sp³-hybridized carbons (Fsp3) is 0.300. The van der Waals surface area contributed by atoms with E-state index in [9.17, 15) is 9.18 Å². The molecule has 2 nitrogen and oxygen atoms in total. The summed E-state index contributed by atoms with van der Waals surface area (Å²) < 4.78 is 19.9. The van der Waals surface area contributed by atoms with E-state index in [4.69, 9.17) is 4.74 Å². The number of hydrogen-bond acceptors (Lipinski definition) is 2. The van der Waals surface area contributed by atoms with Gasteiger partial charge in [0.05, 0.1) is 16.1 Å². The van der Waals surface area contributed by atoms with Crippen LogP contribution in [0.15, 0.2) is 15.0 Å². The Kier molecular flexibility index (Phi) is 4.28. The number of carbonyl (C=O) groups excluding carboxylic acids is 1. The van der Waals surface area contributed by atoms with Crippen molar-refractivity contribution < 1.29 is 13.9 Å². The van der Waals surface area contributed by atoms with E-state index in [0.717, 1.165) is 0 Å². The van der Waals surface area contributed by atoms with Gasteiger partial charge in [-0.2, -0.15) is 0 Å². The van der Waals surface area contributed by atoms with Crippen LogP contribution in [0, 0.1) is 5.82 Å². The van der Waals surface area contributed by atoms with E-state index in [2.05, 4.69) is 31.9 Å². The fourth-order valence-electron chi connectivity index (χ4n) is 1.04. The lowest BCUT2D eigenvalue weighted by Crippen LogP contribution is -2.09. The van der Waals surface area contributed by atoms with Crippen molar-refractivity contribution in [3.63, 3.8) is 0 Å². The van der Waals surface area contributed by atoms with Crippen LogP contribution in [-0.2, 0) is 0 Å². The average molecular weight is 340 g/mol. The van der Waals surface area contributed by atoms with Crippen LogP contribution in [0.3, 0.4) is 0 Å². The molecule has 1 aromatic carbocycles. The lowest BCUT2D eigenvalue weighted by atomic mass is 10.2. The number of ether oxygens (including phenoxy) is 1. The van der Waals surface area contributed by atoms with E-state index in [-0.39, 0.29) is 17.4 Å². The number of hydrogen-bond donors (Lipinski definition) is 0. The SMILES string of the molecule is CC(C)Oc1c(Br)cc(Br)c(C=O)c1F. The lowest BCUT2D eigenvalue weighted by molar-refractivity contribution is 0.111. The van der Waals surface area contributed by atoms with Crippen LogP contribution in [0.2, 0.25) is 0 Å². The van der Waals surface area contributed by atoms with E-state index >= 15 is 0 Å². The molecule has 0 bridgehead atoms. The first-order valence-corrected chi connectivity index (χ1v) is 5.85. The van der Waals surface area contributed by atoms with Crippen molar-refractivity contribution in [2.75, 3.05) is 0 Å². The number of rotatable bonds is 3. The summed E-state index contributed by atoms with van der Waals surface area (Å²) in [6.45, 7) is 3.57. The Morgan fingerprint density at radius 1 is 1.40 bits per heavy atom. The molecule has 0 aliphatic carbocycles. The zero-order valence-corrected chi connectivity index (χ0v) is 11.4. The minimum Gasteiger partial charge on any atom is -0.487 e. The van der Waals surface area contributed by atoms with Crippen LogP contribution in [0.25, 0.3) is 0 Å². The molecule has 0 N–H and O–H groups in total. The molecule has 0 aliphatic heterocycles. The molecule has 0 unspecified atom stereocenters. The maximum atomic E-state index is 13.7. The van der Waals surface area contributed by atoms with Crippen molar-refractivity contribution in [3.8, 4) is 5.75 Å². The van der Waals surface area contributed by atoms with Crippen LogP contribution in [0.5, 0.6) is 5.75 Å². The van der Waals surface area contributed by atoms with Crippen LogP contribution < -0.4 is 4.74 Å². The minimum atomic E-state index is -0.653. The predicted molar refractivity (Wildman–Crippen MR) is 63.0 cm³/mol. The van der Waals surface area contributed by atoms with Gasteiger partial charge in [-0.25, -0.2) is 4.39 Å². The van der Waals surface area contributed by atoms with Crippen LogP contribution >= 0.6 is 31.9 Å². The van der Waals surface area contributed by atoms with E-state index in [1.54, 1.807) is 19.9 Å². The summed E-state index contributed by atoms with van der Waals surface area (Å²) in [5.74, 6) is -0.588. The van der Waals surface area contributed by atoms with Crippen molar-refractivity contribution in [2.45, 2.75) is 20.0 Å². The largest absolute Gasteiger partial charge is 0.487 e. The van der Waals surface area contributed by atoms with Gasteiger partial charge in [0, 0.05) is 4.47 Å². The zero-order chi connectivity index (χ0) is 11.6. The second-order valence-electron chi connectivity index (χ2n) is 3.18. The Morgan fingerprint density at radius 3 is 2.47 bits per heavy atom. The molecule has 0 radical (unpaired) electrons. The number of benzene rings is 1. The van der Waals surface area contributed by atoms with Gasteiger partial charge in [-0.15, -0.1) is 0 Å². The summed E-state index contributed by atoms with van der Waals surface area (Å²) >= 11 is 6.28. The second-order valence-corrected chi connectivity index (χ2v) is 4.89. The Morgan fingerprint density at radius 2 is 2.00 bits per heavy atom. The summed E-state index contributed by atoms with van der Waals surface area (Å²) in [5, 5.41) is 0. The standard InChI is InChI=1S/C10H9Br2FO2/c1-5(2)15-10-8(12)3-7(11)6(4-14)9(10)13/h3-5H,1-2H3. The van der Waals surface area contributed by atoms with Crippen molar-refractivity contribution in [3.05, 3.63) is 26.4 Å². The molecule has 0 heterocycles. The molecule has 15 heavy (non-hydrogen) atoms. The van der Waals surface area contributed by atoms with Gasteiger partial charge in [-0.3, -0.25) is 4.79 Å². The van der Waals surface area contributed by atoms with E-state index in [1.807, 2.05) is 0 Å². The molecule has 0 spiro atoms. The number of halogens is 3. The smallest absolute Gasteiger partial charge is 0.177 e. The maximum absolute atomic E-state index is 13.7. The molecule has 0 saturated heterocycles. The van der Waals surface area contributed by atoms with Gasteiger partial charge in [-0.1, -0.05) is 0 Å². The third-order valence-corrected chi connectivity index (χ3v) is 2.88. The van der Waals surface area contributed by atoms with Crippen LogP contribution in [0.1, 0.15) is 24.2 Å². The highest BCUT2D eigenvalue weighted by atomic mass is 79.9. The summed E-state index contributed by atoms with van der Waals surface area (Å²) in [6.07, 6.45) is 0.301. The highest BCUT2D eigenvalue weighted by Crippen LogP contribution is 2.35. The second kappa shape index (κ2) is 5.07. The highest BCUT2D eigenvalue weighted by Gasteiger charge is 2.17. The van der Waals surface area contributed by atoms with E-state index < -0.39 is 5.82 Å². The zero-order valence-electron chi connectivity index (χ0n) is 8.18. The number of carbonyl (C=O) groups is 1. The monoisotopic (exact) mass is 338 g/mol. The Bertz CT molecular complexity index is 391. The van der Waals surface area contributed by atoms with E-state index in [1.165, 1.54) is 0 Å². The van der Waals surface area contributed by atoms with Gasteiger partial charge in [0.2, 0.25) is 0 Å². The van der Waals surface area contributed by atoms with E-state index in [0.29, 0.717) is 15.2 Å². The first-order valence-electron chi connectivity index (χ1n) is 4.26. The quantitative estimate of drug-likeness (QED) is 0.779. The van der Waals surface area contributed by atoms with Gasteiger partial charge in [0.15, 0.2) is 17.9 Å². The topological polar surface area (TPSA) is 26.3 Å². The molecule has 0 aromatic heterocycles. The van der Waals surface area contributed by atoms with Gasteiger partial charge >= 0.3 is 0 Å². The molecule has 5 heteroatoms. The van der Waals surface area contributed by atoms with Gasteiger partial charge in [-0.05, 0) is 51.8 Å². The third kappa shape index (κ3) is 2.78. The Balaban J connectivity index is 3.32. The molecular weight excluding hydrogens is 331 g/mol. The predicted octanol–water partition coefficient (Wildman–Crippen LogP) is 3.95. The van der Waals surface area contributed by atoms with Gasteiger partial charge in [0.25, 0.3) is 0 Å². The highest BCUT2D eigenvalue weighted by molar-refractivity contribution is 9.11. The molecular formula is C10H9Br2FO2. The van der Waals surface area contributed by atoms with Crippen molar-refractivity contribution >= 4 is 38.1 Å². The Hall–Kier alpha value is -0.420. The normalized spacial score (nSPS) is 10.5. The van der Waals surface area contributed by atoms with Gasteiger partial charge < -0.3 is 4.74 Å². The summed E-state index contributed by atoms with van der Waals surface area (Å²) in [5.41, 5.74) is -0.0335. The van der Waals surface area contributed by atoms with Crippen LogP contribution in [0.4, 0.5) is 4.39 Å². The lowest BCUT2D eigenvalue weighted by Gasteiger charge is -2.14. The molecule has 1 rings (SSSR count). The van der Waals surface area contributed by atoms with Gasteiger partial charge in [0.1, 0.15) is 0 Å². The molecule has 0 fully saturated rings. The maximum Gasteiger partial charge on any atom is 0.177 e. The van der Waals surface area contributed by atoms with Crippen molar-refractivity contribution in [1.29, 1.82) is 0 Å². The minimum absolute atomic E-state index is 0.0335. The summed E-state index contributed by atoms with van der Waals surface area (Å²) in [6, 6.07) is 1.59. The number of aldehydes is 1. The van der Waals surface area contributed by atoms with Crippen LogP contribution in [-0.4, -0.2) is 12.4 Å². The molecule has 0 aliphatic rings. The molecule has 0 atom stereocenters. The van der Waals surface area contributed by atoms with Crippen molar-refractivity contribution in [2.24, 2.45) is 0 Å². The molecule has 82 valence electrons. The molecule has 0 saturated carbocycles. The van der Waals surface area contributed by atoms with Crippen molar-refractivity contribution in [1.82, 2.24) is 0 Å².